The Hall–Kier alpha value is -2.56. The van der Waals surface area contributed by atoms with Crippen LogP contribution in [-0.2, 0) is 6.42 Å². The third-order valence-electron chi connectivity index (χ3n) is 3.60. The van der Waals surface area contributed by atoms with Gasteiger partial charge in [0, 0.05) is 18.2 Å². The number of carbonyl (C=O) groups is 1. The van der Waals surface area contributed by atoms with Gasteiger partial charge in [-0.15, -0.1) is 0 Å². The predicted octanol–water partition coefficient (Wildman–Crippen LogP) is 2.60. The highest BCUT2D eigenvalue weighted by atomic mass is 16.5. The molecule has 1 aromatic carbocycles. The number of nitrogens with one attached hydrogen (secondary N) is 1. The van der Waals surface area contributed by atoms with Crippen molar-refractivity contribution < 1.29 is 14.3 Å². The normalized spacial score (nSPS) is 14.7. The molecule has 23 heavy (non-hydrogen) atoms. The van der Waals surface area contributed by atoms with Gasteiger partial charge in [0.1, 0.15) is 17.9 Å². The van der Waals surface area contributed by atoms with E-state index in [1.807, 2.05) is 12.1 Å². The Labute approximate surface area is 135 Å². The lowest BCUT2D eigenvalue weighted by Crippen LogP contribution is -2.28. The van der Waals surface area contributed by atoms with Crippen LogP contribution < -0.4 is 14.8 Å². The molecule has 3 rings (SSSR count). The minimum absolute atomic E-state index is 0.199. The lowest BCUT2D eigenvalue weighted by atomic mass is 10.0. The number of fused-ring (bicyclic) bond motifs is 1. The molecular weight excluding hydrogens is 292 g/mol. The number of hydrogen-bond donors (Lipinski definition) is 1. The Morgan fingerprint density at radius 3 is 2.96 bits per heavy atom. The number of ether oxygens (including phenoxy) is 2. The van der Waals surface area contributed by atoms with Crippen LogP contribution in [0.3, 0.4) is 0 Å². The monoisotopic (exact) mass is 312 g/mol. The maximum atomic E-state index is 11.9. The van der Waals surface area contributed by atoms with Gasteiger partial charge < -0.3 is 14.8 Å². The van der Waals surface area contributed by atoms with Crippen molar-refractivity contribution in [3.8, 4) is 11.5 Å². The molecule has 2 heterocycles. The van der Waals surface area contributed by atoms with E-state index >= 15 is 0 Å². The summed E-state index contributed by atoms with van der Waals surface area (Å²) in [4.78, 5) is 15.9. The molecule has 0 saturated carbocycles. The van der Waals surface area contributed by atoms with Crippen molar-refractivity contribution in [3.05, 3.63) is 53.9 Å². The van der Waals surface area contributed by atoms with Crippen molar-refractivity contribution in [2.75, 3.05) is 13.2 Å². The van der Waals surface area contributed by atoms with Crippen LogP contribution >= 0.6 is 0 Å². The second-order valence-corrected chi connectivity index (χ2v) is 6.10. The maximum Gasteiger partial charge on any atom is 0.269 e. The van der Waals surface area contributed by atoms with Gasteiger partial charge in [0.2, 0.25) is 0 Å². The molecule has 0 saturated heterocycles. The first-order valence-electron chi connectivity index (χ1n) is 7.68. The van der Waals surface area contributed by atoms with E-state index in [0.29, 0.717) is 18.8 Å². The van der Waals surface area contributed by atoms with Gasteiger partial charge in [-0.2, -0.15) is 0 Å². The van der Waals surface area contributed by atoms with Crippen LogP contribution in [0.1, 0.15) is 29.9 Å². The molecule has 0 atom stereocenters. The van der Waals surface area contributed by atoms with E-state index in [4.69, 9.17) is 9.47 Å². The molecule has 0 radical (unpaired) electrons. The molecule has 5 nitrogen and oxygen atoms in total. The molecule has 1 N–H and O–H groups in total. The number of benzene rings is 1. The van der Waals surface area contributed by atoms with Crippen molar-refractivity contribution in [2.45, 2.75) is 25.9 Å². The number of nitrogens with zero attached hydrogens (tertiary/aromatic N) is 1. The predicted molar refractivity (Wildman–Crippen MR) is 86.9 cm³/mol. The highest BCUT2D eigenvalue weighted by Crippen LogP contribution is 2.41. The first kappa shape index (κ1) is 15.3. The van der Waals surface area contributed by atoms with Crippen molar-refractivity contribution in [1.82, 2.24) is 10.3 Å². The molecule has 0 bridgehead atoms. The van der Waals surface area contributed by atoms with E-state index in [2.05, 4.69) is 30.2 Å². The van der Waals surface area contributed by atoms with E-state index in [0.717, 1.165) is 23.5 Å². The van der Waals surface area contributed by atoms with Crippen molar-refractivity contribution in [1.29, 1.82) is 0 Å². The highest BCUT2D eigenvalue weighted by molar-refractivity contribution is 5.92. The number of para-hydroxylation sites is 1. The molecule has 0 aliphatic carbocycles. The average molecular weight is 312 g/mol. The van der Waals surface area contributed by atoms with E-state index in [1.165, 1.54) is 0 Å². The first-order chi connectivity index (χ1) is 11.1. The van der Waals surface area contributed by atoms with Crippen LogP contribution in [-0.4, -0.2) is 29.6 Å². The van der Waals surface area contributed by atoms with Gasteiger partial charge in [-0.3, -0.25) is 9.78 Å². The number of rotatable bonds is 5. The zero-order valence-corrected chi connectivity index (χ0v) is 13.3. The number of hydrogen-bond acceptors (Lipinski definition) is 4. The summed E-state index contributed by atoms with van der Waals surface area (Å²) >= 11 is 0. The zero-order valence-electron chi connectivity index (χ0n) is 13.3. The van der Waals surface area contributed by atoms with Gasteiger partial charge in [-0.25, -0.2) is 0 Å². The van der Waals surface area contributed by atoms with E-state index in [9.17, 15) is 4.79 Å². The summed E-state index contributed by atoms with van der Waals surface area (Å²) in [6.45, 7) is 4.90. The smallest absolute Gasteiger partial charge is 0.269 e. The van der Waals surface area contributed by atoms with Crippen LogP contribution in [0.15, 0.2) is 42.6 Å². The topological polar surface area (TPSA) is 60.5 Å². The lowest BCUT2D eigenvalue weighted by molar-refractivity contribution is 0.0941. The fourth-order valence-corrected chi connectivity index (χ4v) is 2.61. The number of aromatic nitrogens is 1. The minimum atomic E-state index is -0.204. The Kier molecular flexibility index (Phi) is 4.19. The van der Waals surface area contributed by atoms with E-state index in [-0.39, 0.29) is 11.5 Å². The molecule has 0 spiro atoms. The first-order valence-corrected chi connectivity index (χ1v) is 7.68. The Balaban J connectivity index is 1.53. The lowest BCUT2D eigenvalue weighted by Gasteiger charge is -2.18. The van der Waals surface area contributed by atoms with Gasteiger partial charge in [0.25, 0.3) is 5.91 Å². The summed E-state index contributed by atoms with van der Waals surface area (Å²) in [5.74, 6) is 1.33. The molecule has 120 valence electrons. The number of carbonyl (C=O) groups excluding carboxylic acids is 1. The minimum Gasteiger partial charge on any atom is -0.488 e. The summed E-state index contributed by atoms with van der Waals surface area (Å²) in [7, 11) is 0. The maximum absolute atomic E-state index is 11.9. The fraction of sp³-hybridized carbons (Fsp3) is 0.333. The summed E-state index contributed by atoms with van der Waals surface area (Å²) in [5.41, 5.74) is 1.36. The van der Waals surface area contributed by atoms with E-state index < -0.39 is 0 Å². The third-order valence-corrected chi connectivity index (χ3v) is 3.60. The van der Waals surface area contributed by atoms with Gasteiger partial charge in [-0.05, 0) is 32.0 Å². The quantitative estimate of drug-likeness (QED) is 0.862. The van der Waals surface area contributed by atoms with Gasteiger partial charge >= 0.3 is 0 Å². The van der Waals surface area contributed by atoms with Gasteiger partial charge in [0.05, 0.1) is 6.54 Å². The van der Waals surface area contributed by atoms with Crippen LogP contribution in [0.4, 0.5) is 0 Å². The second kappa shape index (κ2) is 6.28. The standard InChI is InChI=1S/C18H20N2O3/c1-18(2)12-13-6-5-8-15(16(13)23-18)22-11-10-20-17(21)14-7-3-4-9-19-14/h3-9H,10-12H2,1-2H3,(H,20,21). The molecule has 1 amide bonds. The van der Waals surface area contributed by atoms with E-state index in [1.54, 1.807) is 24.4 Å². The largest absolute Gasteiger partial charge is 0.488 e. The van der Waals surface area contributed by atoms with Gasteiger partial charge in [0.15, 0.2) is 11.5 Å². The summed E-state index contributed by atoms with van der Waals surface area (Å²) in [6, 6.07) is 11.1. The van der Waals surface area contributed by atoms with Crippen LogP contribution in [0.25, 0.3) is 0 Å². The SMILES string of the molecule is CC1(C)Cc2cccc(OCCNC(=O)c3ccccn3)c2O1. The molecule has 2 aromatic rings. The molecule has 1 aliphatic rings. The zero-order chi connectivity index (χ0) is 16.3. The number of amides is 1. The van der Waals surface area contributed by atoms with Gasteiger partial charge in [-0.1, -0.05) is 18.2 Å². The summed E-state index contributed by atoms with van der Waals surface area (Å²) in [5, 5.41) is 2.79. The fourth-order valence-electron chi connectivity index (χ4n) is 2.61. The molecular formula is C18H20N2O3. The van der Waals surface area contributed by atoms with Crippen LogP contribution in [0, 0.1) is 0 Å². The van der Waals surface area contributed by atoms with Crippen LogP contribution in [0.2, 0.25) is 0 Å². The molecule has 0 fully saturated rings. The highest BCUT2D eigenvalue weighted by Gasteiger charge is 2.32. The average Bonchev–Trinajstić information content (AvgIpc) is 2.86. The number of pyridine rings is 1. The van der Waals surface area contributed by atoms with Crippen molar-refractivity contribution in [2.24, 2.45) is 0 Å². The second-order valence-electron chi connectivity index (χ2n) is 6.10. The summed E-state index contributed by atoms with van der Waals surface area (Å²) in [6.07, 6.45) is 2.47. The third kappa shape index (κ3) is 3.62. The Morgan fingerprint density at radius 2 is 2.17 bits per heavy atom. The van der Waals surface area contributed by atoms with Crippen LogP contribution in [0.5, 0.6) is 11.5 Å². The molecule has 1 aliphatic heterocycles. The van der Waals surface area contributed by atoms with Crippen molar-refractivity contribution >= 4 is 5.91 Å². The Morgan fingerprint density at radius 1 is 1.30 bits per heavy atom. The molecule has 1 aromatic heterocycles. The van der Waals surface area contributed by atoms with Crippen molar-refractivity contribution in [3.63, 3.8) is 0 Å². The molecule has 5 heteroatoms. The Bertz CT molecular complexity index is 699. The summed E-state index contributed by atoms with van der Waals surface area (Å²) < 4.78 is 11.7. The molecule has 0 unspecified atom stereocenters.